The first-order chi connectivity index (χ1) is 13.1. The Kier molecular flexibility index (Phi) is 6.05. The first-order valence-corrected chi connectivity index (χ1v) is 10.1. The normalized spacial score (nSPS) is 19.8. The molecular formula is C21H17Br2F3O2. The largest absolute Gasteiger partial charge is 0.460 e. The van der Waals surface area contributed by atoms with E-state index in [1.807, 2.05) is 19.9 Å². The molecule has 0 unspecified atom stereocenters. The lowest BCUT2D eigenvalue weighted by Gasteiger charge is -2.11. The van der Waals surface area contributed by atoms with E-state index < -0.39 is 35.9 Å². The Morgan fingerprint density at radius 1 is 1.18 bits per heavy atom. The number of carbonyl (C=O) groups is 1. The third-order valence-corrected chi connectivity index (χ3v) is 5.68. The molecule has 7 heteroatoms. The Morgan fingerprint density at radius 3 is 2.54 bits per heavy atom. The highest BCUT2D eigenvalue weighted by molar-refractivity contribution is 9.28. The number of allylic oxidation sites excluding steroid dienone is 1. The summed E-state index contributed by atoms with van der Waals surface area (Å²) in [5.74, 6) is -3.16. The maximum absolute atomic E-state index is 14.8. The molecule has 1 aliphatic rings. The van der Waals surface area contributed by atoms with Gasteiger partial charge in [-0.3, -0.25) is 4.79 Å². The molecule has 2 aromatic rings. The molecule has 1 aliphatic carbocycles. The summed E-state index contributed by atoms with van der Waals surface area (Å²) in [6, 6.07) is 7.69. The first-order valence-electron chi connectivity index (χ1n) is 8.55. The number of rotatable bonds is 5. The monoisotopic (exact) mass is 516 g/mol. The van der Waals surface area contributed by atoms with E-state index in [1.165, 1.54) is 24.3 Å². The molecule has 0 aromatic heterocycles. The fourth-order valence-electron chi connectivity index (χ4n) is 3.42. The van der Waals surface area contributed by atoms with E-state index in [0.29, 0.717) is 0 Å². The second kappa shape index (κ2) is 8.03. The van der Waals surface area contributed by atoms with Gasteiger partial charge in [-0.15, -0.1) is 0 Å². The fraction of sp³-hybridized carbons (Fsp3) is 0.286. The van der Waals surface area contributed by atoms with Crippen LogP contribution < -0.4 is 0 Å². The highest BCUT2D eigenvalue weighted by atomic mass is 79.9. The molecule has 0 spiro atoms. The van der Waals surface area contributed by atoms with Gasteiger partial charge in [-0.1, -0.05) is 32.1 Å². The number of esters is 1. The lowest BCUT2D eigenvalue weighted by atomic mass is 10.0. The van der Waals surface area contributed by atoms with Crippen molar-refractivity contribution in [3.05, 3.63) is 68.9 Å². The first kappa shape index (κ1) is 21.1. The Morgan fingerprint density at radius 2 is 1.89 bits per heavy atom. The standard InChI is InChI=1S/C21H17Br2F3O2/c1-21(2)15(9-17(22)23)18(21)20(27)28-10-14-16(25)7-6-13(19(14)26)11-4-3-5-12(24)8-11/h3-9,15,18H,10H2,1-2H3/t15-,18-/m0/s1. The molecule has 2 nitrogen and oxygen atoms in total. The van der Waals surface area contributed by atoms with Gasteiger partial charge < -0.3 is 4.74 Å². The summed E-state index contributed by atoms with van der Waals surface area (Å²) >= 11 is 6.55. The van der Waals surface area contributed by atoms with Crippen LogP contribution in [0.15, 0.2) is 45.9 Å². The molecule has 148 valence electrons. The van der Waals surface area contributed by atoms with E-state index in [4.69, 9.17) is 4.74 Å². The number of halogens is 5. The molecule has 0 N–H and O–H groups in total. The SMILES string of the molecule is CC1(C)[C@H](C(=O)OCc2c(F)ccc(-c3cccc(F)c3)c2F)[C@@H]1C=C(Br)Br. The second-order valence-electron chi connectivity index (χ2n) is 7.29. The minimum Gasteiger partial charge on any atom is -0.460 e. The molecule has 0 saturated heterocycles. The van der Waals surface area contributed by atoms with Crippen LogP contribution in [0.25, 0.3) is 11.1 Å². The van der Waals surface area contributed by atoms with Gasteiger partial charge >= 0.3 is 5.97 Å². The zero-order chi connectivity index (χ0) is 20.6. The van der Waals surface area contributed by atoms with Crippen LogP contribution in [0, 0.1) is 34.7 Å². The van der Waals surface area contributed by atoms with Gasteiger partial charge in [0.1, 0.15) is 24.1 Å². The molecule has 2 atom stereocenters. The van der Waals surface area contributed by atoms with Crippen molar-refractivity contribution >= 4 is 37.8 Å². The fourth-order valence-corrected chi connectivity index (χ4v) is 3.99. The third kappa shape index (κ3) is 4.20. The number of hydrogen-bond donors (Lipinski definition) is 0. The molecule has 2 aromatic carbocycles. The molecule has 1 fully saturated rings. The van der Waals surface area contributed by atoms with Gasteiger partial charge in [0.25, 0.3) is 0 Å². The van der Waals surface area contributed by atoms with Crippen LogP contribution in [0.2, 0.25) is 0 Å². The molecule has 0 heterocycles. The lowest BCUT2D eigenvalue weighted by Crippen LogP contribution is -2.12. The molecule has 0 amide bonds. The molecular weight excluding hydrogens is 501 g/mol. The second-order valence-corrected chi connectivity index (χ2v) is 10.1. The van der Waals surface area contributed by atoms with Gasteiger partial charge in [0.05, 0.1) is 14.9 Å². The van der Waals surface area contributed by atoms with Crippen LogP contribution >= 0.6 is 31.9 Å². The van der Waals surface area contributed by atoms with Crippen molar-refractivity contribution in [2.45, 2.75) is 20.5 Å². The predicted molar refractivity (Wildman–Crippen MR) is 108 cm³/mol. The predicted octanol–water partition coefficient (Wildman–Crippen LogP) is 6.72. The van der Waals surface area contributed by atoms with E-state index in [2.05, 4.69) is 31.9 Å². The minimum absolute atomic E-state index is 0.0397. The number of carbonyl (C=O) groups excluding carboxylic acids is 1. The summed E-state index contributed by atoms with van der Waals surface area (Å²) in [5, 5.41) is 0. The van der Waals surface area contributed by atoms with Gasteiger partial charge in [0, 0.05) is 5.56 Å². The summed E-state index contributed by atoms with van der Waals surface area (Å²) < 4.78 is 48.4. The van der Waals surface area contributed by atoms with Crippen LogP contribution in [0.1, 0.15) is 19.4 Å². The van der Waals surface area contributed by atoms with Crippen LogP contribution in [0.3, 0.4) is 0 Å². The Bertz CT molecular complexity index is 953. The molecule has 0 bridgehead atoms. The summed E-state index contributed by atoms with van der Waals surface area (Å²) in [4.78, 5) is 12.4. The summed E-state index contributed by atoms with van der Waals surface area (Å²) in [6.45, 7) is 3.32. The quantitative estimate of drug-likeness (QED) is 0.411. The van der Waals surface area contributed by atoms with E-state index in [9.17, 15) is 18.0 Å². The Labute approximate surface area is 178 Å². The van der Waals surface area contributed by atoms with E-state index in [0.717, 1.165) is 15.5 Å². The van der Waals surface area contributed by atoms with Gasteiger partial charge in [0.2, 0.25) is 0 Å². The van der Waals surface area contributed by atoms with Crippen LogP contribution in [0.4, 0.5) is 13.2 Å². The smallest absolute Gasteiger partial charge is 0.310 e. The summed E-state index contributed by atoms with van der Waals surface area (Å²) in [5.41, 5.74) is -0.337. The Hall–Kier alpha value is -1.60. The number of hydrogen-bond acceptors (Lipinski definition) is 2. The van der Waals surface area contributed by atoms with Crippen molar-refractivity contribution in [1.82, 2.24) is 0 Å². The molecule has 28 heavy (non-hydrogen) atoms. The zero-order valence-electron chi connectivity index (χ0n) is 15.1. The van der Waals surface area contributed by atoms with Crippen LogP contribution in [-0.4, -0.2) is 5.97 Å². The van der Waals surface area contributed by atoms with Gasteiger partial charge in [-0.25, -0.2) is 13.2 Å². The molecule has 0 radical (unpaired) electrons. The minimum atomic E-state index is -0.867. The molecule has 1 saturated carbocycles. The molecule has 0 aliphatic heterocycles. The van der Waals surface area contributed by atoms with Crippen LogP contribution in [0.5, 0.6) is 0 Å². The number of ether oxygens (including phenoxy) is 1. The van der Waals surface area contributed by atoms with Crippen molar-refractivity contribution in [1.29, 1.82) is 0 Å². The number of benzene rings is 2. The zero-order valence-corrected chi connectivity index (χ0v) is 18.3. The highest BCUT2D eigenvalue weighted by Gasteiger charge is 2.61. The van der Waals surface area contributed by atoms with Crippen molar-refractivity contribution in [2.75, 3.05) is 0 Å². The average Bonchev–Trinajstić information content (AvgIpc) is 3.14. The summed E-state index contributed by atoms with van der Waals surface area (Å²) in [7, 11) is 0. The van der Waals surface area contributed by atoms with E-state index in [1.54, 1.807) is 0 Å². The highest BCUT2D eigenvalue weighted by Crippen LogP contribution is 2.60. The van der Waals surface area contributed by atoms with Crippen molar-refractivity contribution in [3.8, 4) is 11.1 Å². The van der Waals surface area contributed by atoms with Crippen molar-refractivity contribution in [2.24, 2.45) is 17.3 Å². The maximum Gasteiger partial charge on any atom is 0.310 e. The maximum atomic E-state index is 14.8. The lowest BCUT2D eigenvalue weighted by molar-refractivity contribution is -0.147. The van der Waals surface area contributed by atoms with Gasteiger partial charge in [-0.05, 0) is 73.0 Å². The van der Waals surface area contributed by atoms with Crippen LogP contribution in [-0.2, 0) is 16.1 Å². The van der Waals surface area contributed by atoms with Gasteiger partial charge in [-0.2, -0.15) is 0 Å². The average molecular weight is 518 g/mol. The topological polar surface area (TPSA) is 26.3 Å². The van der Waals surface area contributed by atoms with Crippen molar-refractivity contribution in [3.63, 3.8) is 0 Å². The van der Waals surface area contributed by atoms with Gasteiger partial charge in [0.15, 0.2) is 0 Å². The summed E-state index contributed by atoms with van der Waals surface area (Å²) in [6.07, 6.45) is 1.86. The Balaban J connectivity index is 1.79. The molecule has 3 rings (SSSR count). The third-order valence-electron chi connectivity index (χ3n) is 5.15. The van der Waals surface area contributed by atoms with E-state index >= 15 is 0 Å². The van der Waals surface area contributed by atoms with Crippen molar-refractivity contribution < 1.29 is 22.7 Å². The van der Waals surface area contributed by atoms with E-state index in [-0.39, 0.29) is 28.0 Å².